The van der Waals surface area contributed by atoms with Gasteiger partial charge >= 0.3 is 0 Å². The van der Waals surface area contributed by atoms with Gasteiger partial charge in [-0.15, -0.1) is 0 Å². The first-order chi connectivity index (χ1) is 8.29. The first kappa shape index (κ1) is 12.5. The second-order valence-electron chi connectivity index (χ2n) is 4.62. The second-order valence-corrected chi connectivity index (χ2v) is 4.62. The summed E-state index contributed by atoms with van der Waals surface area (Å²) in [6.45, 7) is 2.85. The Kier molecular flexibility index (Phi) is 4.48. The molecular weight excluding hydrogens is 216 g/mol. The van der Waals surface area contributed by atoms with Gasteiger partial charge in [0.15, 0.2) is 0 Å². The fraction of sp³-hybridized carbons (Fsp3) is 0.615. The standard InChI is InChI=1S/C13H20N2O2/c16-13(4-8-17-9-5-13)11-15-7-3-12-2-1-6-14-10-12/h1-2,6,10,15-16H,3-5,7-9,11H2. The quantitative estimate of drug-likeness (QED) is 0.741. The maximum absolute atomic E-state index is 10.2. The first-order valence-corrected chi connectivity index (χ1v) is 6.18. The van der Waals surface area contributed by atoms with Gasteiger partial charge in [-0.3, -0.25) is 4.98 Å². The van der Waals surface area contributed by atoms with Crippen LogP contribution in [0.1, 0.15) is 18.4 Å². The van der Waals surface area contributed by atoms with Crippen LogP contribution in [0, 0.1) is 0 Å². The first-order valence-electron chi connectivity index (χ1n) is 6.18. The van der Waals surface area contributed by atoms with Crippen molar-refractivity contribution >= 4 is 0 Å². The molecule has 94 valence electrons. The van der Waals surface area contributed by atoms with E-state index in [-0.39, 0.29) is 0 Å². The summed E-state index contributed by atoms with van der Waals surface area (Å²) in [6.07, 6.45) is 6.06. The molecule has 0 aliphatic carbocycles. The Balaban J connectivity index is 1.66. The third-order valence-electron chi connectivity index (χ3n) is 3.19. The van der Waals surface area contributed by atoms with Crippen molar-refractivity contribution in [2.24, 2.45) is 0 Å². The number of pyridine rings is 1. The zero-order valence-electron chi connectivity index (χ0n) is 10.1. The van der Waals surface area contributed by atoms with Gasteiger partial charge in [-0.05, 0) is 24.6 Å². The fourth-order valence-corrected chi connectivity index (χ4v) is 2.03. The Labute approximate surface area is 102 Å². The molecule has 1 aliphatic heterocycles. The van der Waals surface area contributed by atoms with E-state index in [1.807, 2.05) is 12.3 Å². The highest BCUT2D eigenvalue weighted by Crippen LogP contribution is 2.19. The molecule has 17 heavy (non-hydrogen) atoms. The number of aliphatic hydroxyl groups is 1. The molecular formula is C13H20N2O2. The lowest BCUT2D eigenvalue weighted by Gasteiger charge is -2.32. The Morgan fingerprint density at radius 3 is 2.94 bits per heavy atom. The predicted octanol–water partition coefficient (Wildman–Crippen LogP) is 0.755. The molecule has 4 nitrogen and oxygen atoms in total. The number of hydrogen-bond acceptors (Lipinski definition) is 4. The van der Waals surface area contributed by atoms with Crippen LogP contribution in [0.4, 0.5) is 0 Å². The highest BCUT2D eigenvalue weighted by molar-refractivity contribution is 5.08. The fourth-order valence-electron chi connectivity index (χ4n) is 2.03. The molecule has 0 unspecified atom stereocenters. The number of rotatable bonds is 5. The molecule has 0 aromatic carbocycles. The van der Waals surface area contributed by atoms with Crippen LogP contribution in [0.2, 0.25) is 0 Å². The number of nitrogens with one attached hydrogen (secondary N) is 1. The van der Waals surface area contributed by atoms with Gasteiger partial charge in [-0.25, -0.2) is 0 Å². The summed E-state index contributed by atoms with van der Waals surface area (Å²) in [6, 6.07) is 4.01. The van der Waals surface area contributed by atoms with Crippen LogP contribution < -0.4 is 5.32 Å². The van der Waals surface area contributed by atoms with Crippen LogP contribution in [0.15, 0.2) is 24.5 Å². The summed E-state index contributed by atoms with van der Waals surface area (Å²) >= 11 is 0. The number of nitrogens with zero attached hydrogens (tertiary/aromatic N) is 1. The zero-order valence-corrected chi connectivity index (χ0v) is 10.1. The lowest BCUT2D eigenvalue weighted by atomic mass is 9.94. The Hall–Kier alpha value is -0.970. The van der Waals surface area contributed by atoms with Gasteiger partial charge in [0.25, 0.3) is 0 Å². The zero-order chi connectivity index (χ0) is 12.0. The maximum Gasteiger partial charge on any atom is 0.0815 e. The minimum Gasteiger partial charge on any atom is -0.388 e. The molecule has 2 heterocycles. The van der Waals surface area contributed by atoms with Gasteiger partial charge in [0.2, 0.25) is 0 Å². The third kappa shape index (κ3) is 4.07. The summed E-state index contributed by atoms with van der Waals surface area (Å²) in [5.74, 6) is 0. The van der Waals surface area contributed by atoms with Crippen molar-refractivity contribution in [2.75, 3.05) is 26.3 Å². The summed E-state index contributed by atoms with van der Waals surface area (Å²) in [4.78, 5) is 4.07. The van der Waals surface area contributed by atoms with Crippen LogP contribution in [0.25, 0.3) is 0 Å². The van der Waals surface area contributed by atoms with Crippen molar-refractivity contribution in [1.82, 2.24) is 10.3 Å². The molecule has 1 aromatic rings. The van der Waals surface area contributed by atoms with Crippen LogP contribution in [0.5, 0.6) is 0 Å². The van der Waals surface area contributed by atoms with E-state index in [0.29, 0.717) is 19.8 Å². The average molecular weight is 236 g/mol. The molecule has 1 aliphatic rings. The second kappa shape index (κ2) is 6.10. The van der Waals surface area contributed by atoms with E-state index in [1.165, 1.54) is 5.56 Å². The third-order valence-corrected chi connectivity index (χ3v) is 3.19. The van der Waals surface area contributed by atoms with E-state index in [1.54, 1.807) is 6.20 Å². The molecule has 1 aromatic heterocycles. The SMILES string of the molecule is OC1(CNCCc2cccnc2)CCOCC1. The number of ether oxygens (including phenoxy) is 1. The predicted molar refractivity (Wildman–Crippen MR) is 65.8 cm³/mol. The van der Waals surface area contributed by atoms with Crippen LogP contribution in [0.3, 0.4) is 0 Å². The molecule has 0 saturated carbocycles. The minimum atomic E-state index is -0.576. The lowest BCUT2D eigenvalue weighted by molar-refractivity contribution is -0.0614. The van der Waals surface area contributed by atoms with Crippen LogP contribution >= 0.6 is 0 Å². The highest BCUT2D eigenvalue weighted by atomic mass is 16.5. The smallest absolute Gasteiger partial charge is 0.0815 e. The van der Waals surface area contributed by atoms with Crippen LogP contribution in [-0.4, -0.2) is 42.0 Å². The van der Waals surface area contributed by atoms with E-state index in [9.17, 15) is 5.11 Å². The number of aromatic nitrogens is 1. The van der Waals surface area contributed by atoms with Gasteiger partial charge in [0, 0.05) is 45.0 Å². The van der Waals surface area contributed by atoms with Crippen LogP contribution in [-0.2, 0) is 11.2 Å². The molecule has 0 radical (unpaired) electrons. The average Bonchev–Trinajstić information content (AvgIpc) is 2.37. The highest BCUT2D eigenvalue weighted by Gasteiger charge is 2.28. The molecule has 0 atom stereocenters. The topological polar surface area (TPSA) is 54.4 Å². The summed E-state index contributed by atoms with van der Waals surface area (Å²) in [7, 11) is 0. The van der Waals surface area contributed by atoms with E-state index in [4.69, 9.17) is 4.74 Å². The van der Waals surface area contributed by atoms with Crippen molar-refractivity contribution in [2.45, 2.75) is 24.9 Å². The Morgan fingerprint density at radius 1 is 1.41 bits per heavy atom. The Bertz CT molecular complexity index is 323. The monoisotopic (exact) mass is 236 g/mol. The molecule has 2 rings (SSSR count). The summed E-state index contributed by atoms with van der Waals surface area (Å²) in [5.41, 5.74) is 0.645. The molecule has 0 spiro atoms. The molecule has 1 saturated heterocycles. The maximum atomic E-state index is 10.2. The molecule has 0 bridgehead atoms. The minimum absolute atomic E-state index is 0.576. The molecule has 2 N–H and O–H groups in total. The van der Waals surface area contributed by atoms with Crippen molar-refractivity contribution in [3.8, 4) is 0 Å². The summed E-state index contributed by atoms with van der Waals surface area (Å²) in [5, 5.41) is 13.5. The summed E-state index contributed by atoms with van der Waals surface area (Å²) < 4.78 is 5.24. The molecule has 1 fully saturated rings. The van der Waals surface area contributed by atoms with Crippen molar-refractivity contribution in [3.63, 3.8) is 0 Å². The Morgan fingerprint density at radius 2 is 2.24 bits per heavy atom. The van der Waals surface area contributed by atoms with Gasteiger partial charge in [0.1, 0.15) is 0 Å². The largest absolute Gasteiger partial charge is 0.388 e. The number of hydrogen-bond donors (Lipinski definition) is 2. The van der Waals surface area contributed by atoms with E-state index < -0.39 is 5.60 Å². The van der Waals surface area contributed by atoms with Crippen molar-refractivity contribution in [1.29, 1.82) is 0 Å². The van der Waals surface area contributed by atoms with E-state index >= 15 is 0 Å². The molecule has 0 amide bonds. The van der Waals surface area contributed by atoms with Gasteiger partial charge in [-0.1, -0.05) is 6.07 Å². The lowest BCUT2D eigenvalue weighted by Crippen LogP contribution is -2.45. The van der Waals surface area contributed by atoms with Crippen molar-refractivity contribution < 1.29 is 9.84 Å². The van der Waals surface area contributed by atoms with Gasteiger partial charge in [-0.2, -0.15) is 0 Å². The normalized spacial score (nSPS) is 19.1. The van der Waals surface area contributed by atoms with Gasteiger partial charge in [0.05, 0.1) is 5.60 Å². The van der Waals surface area contributed by atoms with Gasteiger partial charge < -0.3 is 15.2 Å². The molecule has 4 heteroatoms. The van der Waals surface area contributed by atoms with E-state index in [0.717, 1.165) is 25.8 Å². The van der Waals surface area contributed by atoms with Crippen molar-refractivity contribution in [3.05, 3.63) is 30.1 Å². The van der Waals surface area contributed by atoms with E-state index in [2.05, 4.69) is 16.4 Å².